The molecule has 1 aliphatic rings. The van der Waals surface area contributed by atoms with Crippen molar-refractivity contribution in [3.8, 4) is 10.7 Å². The number of amides is 1. The summed E-state index contributed by atoms with van der Waals surface area (Å²) in [5, 5.41) is 5.77. The summed E-state index contributed by atoms with van der Waals surface area (Å²) in [4.78, 5) is 23.7. The van der Waals surface area contributed by atoms with Gasteiger partial charge in [0.25, 0.3) is 0 Å². The van der Waals surface area contributed by atoms with Gasteiger partial charge in [0, 0.05) is 24.7 Å². The van der Waals surface area contributed by atoms with Crippen LogP contribution in [0.4, 0.5) is 0 Å². The molecule has 0 unspecified atom stereocenters. The molecule has 0 spiro atoms. The topological polar surface area (TPSA) is 58.1 Å². The minimum atomic E-state index is -0.0136. The first-order valence-electron chi connectivity index (χ1n) is 10.2. The molecule has 0 bridgehead atoms. The number of rotatable bonds is 7. The molecule has 1 fully saturated rings. The van der Waals surface area contributed by atoms with E-state index < -0.39 is 0 Å². The van der Waals surface area contributed by atoms with Gasteiger partial charge in [0.15, 0.2) is 0 Å². The first-order chi connectivity index (χ1) is 14.3. The van der Waals surface area contributed by atoms with Crippen LogP contribution in [0.15, 0.2) is 54.0 Å². The van der Waals surface area contributed by atoms with Gasteiger partial charge in [0.1, 0.15) is 5.01 Å². The molecule has 1 N–H and O–H groups in total. The number of likely N-dealkylation sites (tertiary alicyclic amines) is 1. The third-order valence-electron chi connectivity index (χ3n) is 5.14. The molecule has 1 saturated heterocycles. The van der Waals surface area contributed by atoms with Gasteiger partial charge in [-0.05, 0) is 49.2 Å². The smallest absolute Gasteiger partial charge is 0.226 e. The predicted molar refractivity (Wildman–Crippen MR) is 116 cm³/mol. The number of pyridine rings is 1. The van der Waals surface area contributed by atoms with Crippen molar-refractivity contribution in [2.75, 3.05) is 13.1 Å². The van der Waals surface area contributed by atoms with Gasteiger partial charge in [-0.3, -0.25) is 14.7 Å². The van der Waals surface area contributed by atoms with Crippen molar-refractivity contribution < 1.29 is 4.79 Å². The Hall–Kier alpha value is -2.57. The van der Waals surface area contributed by atoms with Crippen LogP contribution in [0, 0.1) is 0 Å². The maximum Gasteiger partial charge on any atom is 0.226 e. The minimum Gasteiger partial charge on any atom is -0.352 e. The molecule has 5 nitrogen and oxygen atoms in total. The lowest BCUT2D eigenvalue weighted by Gasteiger charge is -2.26. The van der Waals surface area contributed by atoms with Gasteiger partial charge in [0.2, 0.25) is 5.91 Å². The fourth-order valence-corrected chi connectivity index (χ4v) is 4.36. The third-order valence-corrected chi connectivity index (χ3v) is 6.06. The van der Waals surface area contributed by atoms with Crippen LogP contribution in [0.5, 0.6) is 0 Å². The van der Waals surface area contributed by atoms with Crippen LogP contribution < -0.4 is 5.32 Å². The maximum atomic E-state index is 12.3. The van der Waals surface area contributed by atoms with E-state index in [1.165, 1.54) is 49.3 Å². The van der Waals surface area contributed by atoms with E-state index in [4.69, 9.17) is 0 Å². The Balaban J connectivity index is 1.25. The number of nitrogens with one attached hydrogen (secondary N) is 1. The second-order valence-electron chi connectivity index (χ2n) is 7.47. The van der Waals surface area contributed by atoms with Crippen LogP contribution in [-0.4, -0.2) is 33.9 Å². The van der Waals surface area contributed by atoms with Crippen LogP contribution in [-0.2, 0) is 24.3 Å². The predicted octanol–water partition coefficient (Wildman–Crippen LogP) is 4.05. The number of hydrogen-bond donors (Lipinski definition) is 1. The molecule has 6 heteroatoms. The van der Waals surface area contributed by atoms with Crippen LogP contribution in [0.1, 0.15) is 36.1 Å². The number of carbonyl (C=O) groups excluding carboxylic acids is 1. The molecule has 0 radical (unpaired) electrons. The number of piperidine rings is 1. The van der Waals surface area contributed by atoms with E-state index in [9.17, 15) is 4.79 Å². The zero-order chi connectivity index (χ0) is 19.9. The highest BCUT2D eigenvalue weighted by molar-refractivity contribution is 7.13. The van der Waals surface area contributed by atoms with Crippen molar-refractivity contribution in [2.45, 2.75) is 38.8 Å². The highest BCUT2D eigenvalue weighted by atomic mass is 32.1. The Morgan fingerprint density at radius 2 is 1.83 bits per heavy atom. The first kappa shape index (κ1) is 19.7. The molecule has 2 aromatic heterocycles. The molecule has 29 heavy (non-hydrogen) atoms. The largest absolute Gasteiger partial charge is 0.352 e. The van der Waals surface area contributed by atoms with Crippen molar-refractivity contribution in [1.82, 2.24) is 20.2 Å². The fraction of sp³-hybridized carbons (Fsp3) is 0.348. The Morgan fingerprint density at radius 1 is 1.03 bits per heavy atom. The van der Waals surface area contributed by atoms with E-state index in [2.05, 4.69) is 44.5 Å². The second-order valence-corrected chi connectivity index (χ2v) is 8.32. The first-order valence-corrected chi connectivity index (χ1v) is 11.1. The van der Waals surface area contributed by atoms with Crippen molar-refractivity contribution in [3.63, 3.8) is 0 Å². The molecular formula is C23H26N4OS. The summed E-state index contributed by atoms with van der Waals surface area (Å²) in [6, 6.07) is 14.3. The van der Waals surface area contributed by atoms with Crippen molar-refractivity contribution in [1.29, 1.82) is 0 Å². The summed E-state index contributed by atoms with van der Waals surface area (Å²) in [6.45, 7) is 3.97. The zero-order valence-corrected chi connectivity index (χ0v) is 17.3. The Kier molecular flexibility index (Phi) is 6.64. The molecule has 0 atom stereocenters. The van der Waals surface area contributed by atoms with Gasteiger partial charge in [-0.15, -0.1) is 11.3 Å². The van der Waals surface area contributed by atoms with Gasteiger partial charge < -0.3 is 5.32 Å². The summed E-state index contributed by atoms with van der Waals surface area (Å²) >= 11 is 1.52. The molecule has 0 saturated carbocycles. The molecule has 0 aliphatic carbocycles. The molecule has 150 valence electrons. The number of benzene rings is 1. The van der Waals surface area contributed by atoms with E-state index in [-0.39, 0.29) is 12.3 Å². The van der Waals surface area contributed by atoms with Crippen molar-refractivity contribution >= 4 is 17.2 Å². The summed E-state index contributed by atoms with van der Waals surface area (Å²) in [7, 11) is 0. The van der Waals surface area contributed by atoms with Crippen LogP contribution in [0.3, 0.4) is 0 Å². The SMILES string of the molecule is O=C(Cc1csc(-c2ccccn2)n1)NCc1ccc(CN2CCCCC2)cc1. The van der Waals surface area contributed by atoms with E-state index in [1.54, 1.807) is 6.20 Å². The zero-order valence-electron chi connectivity index (χ0n) is 16.5. The molecule has 1 amide bonds. The van der Waals surface area contributed by atoms with E-state index >= 15 is 0 Å². The summed E-state index contributed by atoms with van der Waals surface area (Å²) in [6.07, 6.45) is 6.02. The van der Waals surface area contributed by atoms with Crippen LogP contribution in [0.2, 0.25) is 0 Å². The minimum absolute atomic E-state index is 0.0136. The molecule has 1 aliphatic heterocycles. The summed E-state index contributed by atoms with van der Waals surface area (Å²) in [5.74, 6) is -0.0136. The lowest BCUT2D eigenvalue weighted by Crippen LogP contribution is -2.29. The molecular weight excluding hydrogens is 380 g/mol. The van der Waals surface area contributed by atoms with Gasteiger partial charge in [0.05, 0.1) is 17.8 Å². The van der Waals surface area contributed by atoms with Gasteiger partial charge >= 0.3 is 0 Å². The fourth-order valence-electron chi connectivity index (χ4n) is 3.56. The van der Waals surface area contributed by atoms with Crippen LogP contribution >= 0.6 is 11.3 Å². The number of carbonyl (C=O) groups is 1. The second kappa shape index (κ2) is 9.76. The number of thiazole rings is 1. The van der Waals surface area contributed by atoms with Crippen molar-refractivity contribution in [2.24, 2.45) is 0 Å². The van der Waals surface area contributed by atoms with E-state index in [0.717, 1.165) is 28.5 Å². The van der Waals surface area contributed by atoms with Gasteiger partial charge in [-0.25, -0.2) is 4.98 Å². The molecule has 3 heterocycles. The standard InChI is InChI=1S/C23H26N4OS/c28-22(14-20-17-29-23(26-20)21-6-2-3-11-24-21)25-15-18-7-9-19(10-8-18)16-27-12-4-1-5-13-27/h2-3,6-11,17H,1,4-5,12-16H2,(H,25,28). The quantitative estimate of drug-likeness (QED) is 0.643. The number of aromatic nitrogens is 2. The van der Waals surface area contributed by atoms with E-state index in [0.29, 0.717) is 6.54 Å². The number of nitrogens with zero attached hydrogens (tertiary/aromatic N) is 3. The third kappa shape index (κ3) is 5.71. The Labute approximate surface area is 175 Å². The highest BCUT2D eigenvalue weighted by Gasteiger charge is 2.11. The molecule has 3 aromatic rings. The summed E-state index contributed by atoms with van der Waals surface area (Å²) in [5.41, 5.74) is 4.08. The van der Waals surface area contributed by atoms with Gasteiger partial charge in [-0.2, -0.15) is 0 Å². The lowest BCUT2D eigenvalue weighted by molar-refractivity contribution is -0.120. The summed E-state index contributed by atoms with van der Waals surface area (Å²) < 4.78 is 0. The Morgan fingerprint density at radius 3 is 2.59 bits per heavy atom. The normalized spacial score (nSPS) is 14.6. The molecule has 4 rings (SSSR count). The number of hydrogen-bond acceptors (Lipinski definition) is 5. The maximum absolute atomic E-state index is 12.3. The highest BCUT2D eigenvalue weighted by Crippen LogP contribution is 2.21. The monoisotopic (exact) mass is 406 g/mol. The van der Waals surface area contributed by atoms with E-state index in [1.807, 2.05) is 23.6 Å². The average Bonchev–Trinajstić information content (AvgIpc) is 3.23. The lowest BCUT2D eigenvalue weighted by atomic mass is 10.1. The van der Waals surface area contributed by atoms with Crippen LogP contribution in [0.25, 0.3) is 10.7 Å². The average molecular weight is 407 g/mol. The van der Waals surface area contributed by atoms with Gasteiger partial charge in [-0.1, -0.05) is 36.8 Å². The van der Waals surface area contributed by atoms with Crippen molar-refractivity contribution in [3.05, 3.63) is 70.9 Å². The molecule has 1 aromatic carbocycles. The Bertz CT molecular complexity index is 918.